The van der Waals surface area contributed by atoms with Crippen LogP contribution in [-0.2, 0) is 11.0 Å². The molecule has 21 heavy (non-hydrogen) atoms. The molecule has 0 saturated heterocycles. The lowest BCUT2D eigenvalue weighted by Crippen LogP contribution is -2.08. The van der Waals surface area contributed by atoms with Gasteiger partial charge < -0.3 is 4.74 Å². The number of rotatable bonds is 7. The molecule has 1 unspecified atom stereocenters. The predicted octanol–water partition coefficient (Wildman–Crippen LogP) is 4.97. The van der Waals surface area contributed by atoms with Crippen LogP contribution in [0.2, 0.25) is 0 Å². The third kappa shape index (κ3) is 4.76. The van der Waals surface area contributed by atoms with Crippen LogP contribution < -0.4 is 4.74 Å². The van der Waals surface area contributed by atoms with E-state index in [1.165, 1.54) is 13.2 Å². The van der Waals surface area contributed by atoms with Gasteiger partial charge >= 0.3 is 6.18 Å². The number of alkyl halides is 3. The maximum absolute atomic E-state index is 12.7. The molecule has 0 spiro atoms. The Kier molecular flexibility index (Phi) is 6.24. The van der Waals surface area contributed by atoms with Crippen molar-refractivity contribution in [1.82, 2.24) is 0 Å². The summed E-state index contributed by atoms with van der Waals surface area (Å²) in [7, 11) is 1.36. The molecule has 1 rings (SSSR count). The van der Waals surface area contributed by atoms with Crippen molar-refractivity contribution in [1.29, 1.82) is 0 Å². The lowest BCUT2D eigenvalue weighted by Gasteiger charge is -2.19. The van der Waals surface area contributed by atoms with Gasteiger partial charge in [0.2, 0.25) is 0 Å². The number of benzene rings is 1. The zero-order chi connectivity index (χ0) is 16.0. The summed E-state index contributed by atoms with van der Waals surface area (Å²) in [6, 6.07) is 3.56. The lowest BCUT2D eigenvalue weighted by molar-refractivity contribution is -0.137. The molecule has 1 aromatic carbocycles. The second kappa shape index (κ2) is 7.48. The Balaban J connectivity index is 3.01. The summed E-state index contributed by atoms with van der Waals surface area (Å²) in [5.74, 6) is 0.428. The summed E-state index contributed by atoms with van der Waals surface area (Å²) in [6.07, 6.45) is -2.07. The SMILES string of the molecule is CCC(=O)CCC(CC)c1ccc(C(F)(F)F)cc1OC. The third-order valence-electron chi connectivity index (χ3n) is 3.66. The molecule has 2 nitrogen and oxygen atoms in total. The van der Waals surface area contributed by atoms with Crippen molar-refractivity contribution in [3.8, 4) is 5.75 Å². The molecule has 0 fully saturated rings. The highest BCUT2D eigenvalue weighted by molar-refractivity contribution is 5.78. The average molecular weight is 302 g/mol. The first-order valence-corrected chi connectivity index (χ1v) is 7.10. The number of ketones is 1. The fourth-order valence-electron chi connectivity index (χ4n) is 2.32. The number of hydrogen-bond donors (Lipinski definition) is 0. The molecule has 0 heterocycles. The Bertz CT molecular complexity index is 481. The molecule has 1 atom stereocenters. The second-order valence-corrected chi connectivity index (χ2v) is 4.99. The topological polar surface area (TPSA) is 26.3 Å². The van der Waals surface area contributed by atoms with Crippen LogP contribution in [0.15, 0.2) is 18.2 Å². The number of halogens is 3. The van der Waals surface area contributed by atoms with Gasteiger partial charge in [0.05, 0.1) is 12.7 Å². The summed E-state index contributed by atoms with van der Waals surface area (Å²) in [5.41, 5.74) is 0.0134. The Morgan fingerprint density at radius 3 is 2.43 bits per heavy atom. The van der Waals surface area contributed by atoms with Gasteiger partial charge in [0.15, 0.2) is 0 Å². The van der Waals surface area contributed by atoms with E-state index in [2.05, 4.69) is 0 Å². The highest BCUT2D eigenvalue weighted by Gasteiger charge is 2.31. The summed E-state index contributed by atoms with van der Waals surface area (Å²) < 4.78 is 43.3. The largest absolute Gasteiger partial charge is 0.496 e. The minimum Gasteiger partial charge on any atom is -0.496 e. The van der Waals surface area contributed by atoms with Crippen LogP contribution in [0.5, 0.6) is 5.75 Å². The van der Waals surface area contributed by atoms with E-state index in [-0.39, 0.29) is 17.5 Å². The molecule has 0 saturated carbocycles. The number of ether oxygens (including phenoxy) is 1. The number of hydrogen-bond acceptors (Lipinski definition) is 2. The van der Waals surface area contributed by atoms with E-state index in [9.17, 15) is 18.0 Å². The monoisotopic (exact) mass is 302 g/mol. The standard InChI is InChI=1S/C16H21F3O2/c1-4-11(6-8-13(20)5-2)14-9-7-12(16(17,18)19)10-15(14)21-3/h7,9-11H,4-6,8H2,1-3H3. The highest BCUT2D eigenvalue weighted by atomic mass is 19.4. The highest BCUT2D eigenvalue weighted by Crippen LogP contribution is 2.37. The van der Waals surface area contributed by atoms with Gasteiger partial charge in [-0.2, -0.15) is 13.2 Å². The first kappa shape index (κ1) is 17.5. The van der Waals surface area contributed by atoms with Crippen LogP contribution in [0.1, 0.15) is 56.6 Å². The van der Waals surface area contributed by atoms with Gasteiger partial charge in [-0.15, -0.1) is 0 Å². The van der Waals surface area contributed by atoms with E-state index in [1.807, 2.05) is 13.8 Å². The van der Waals surface area contributed by atoms with Gasteiger partial charge in [-0.3, -0.25) is 4.79 Å². The molecule has 0 N–H and O–H groups in total. The first-order chi connectivity index (χ1) is 9.83. The normalized spacial score (nSPS) is 13.0. The van der Waals surface area contributed by atoms with E-state index in [0.29, 0.717) is 19.3 Å². The maximum atomic E-state index is 12.7. The van der Waals surface area contributed by atoms with Crippen molar-refractivity contribution >= 4 is 5.78 Å². The number of carbonyl (C=O) groups is 1. The first-order valence-electron chi connectivity index (χ1n) is 7.10. The van der Waals surface area contributed by atoms with E-state index in [1.54, 1.807) is 0 Å². The molecule has 5 heteroatoms. The fourth-order valence-corrected chi connectivity index (χ4v) is 2.32. The van der Waals surface area contributed by atoms with Gasteiger partial charge in [-0.05, 0) is 36.5 Å². The summed E-state index contributed by atoms with van der Waals surface area (Å²) in [4.78, 5) is 11.4. The smallest absolute Gasteiger partial charge is 0.416 e. The molecule has 0 radical (unpaired) electrons. The van der Waals surface area contributed by atoms with Gasteiger partial charge in [-0.25, -0.2) is 0 Å². The Labute approximate surface area is 123 Å². The van der Waals surface area contributed by atoms with Crippen molar-refractivity contribution in [2.45, 2.75) is 51.6 Å². The summed E-state index contributed by atoms with van der Waals surface area (Å²) in [5, 5.41) is 0. The van der Waals surface area contributed by atoms with Crippen LogP contribution >= 0.6 is 0 Å². The summed E-state index contributed by atoms with van der Waals surface area (Å²) in [6.45, 7) is 3.76. The molecule has 1 aromatic rings. The predicted molar refractivity (Wildman–Crippen MR) is 75.6 cm³/mol. The Hall–Kier alpha value is -1.52. The molecular formula is C16H21F3O2. The van der Waals surface area contributed by atoms with Crippen LogP contribution in [0.4, 0.5) is 13.2 Å². The molecule has 0 aliphatic heterocycles. The number of methoxy groups -OCH3 is 1. The molecule has 0 bridgehead atoms. The van der Waals surface area contributed by atoms with Gasteiger partial charge in [0.1, 0.15) is 11.5 Å². The fraction of sp³-hybridized carbons (Fsp3) is 0.562. The van der Waals surface area contributed by atoms with E-state index in [4.69, 9.17) is 4.74 Å². The molecule has 0 amide bonds. The second-order valence-electron chi connectivity index (χ2n) is 4.99. The molecular weight excluding hydrogens is 281 g/mol. The average Bonchev–Trinajstić information content (AvgIpc) is 2.46. The van der Waals surface area contributed by atoms with Crippen molar-refractivity contribution in [3.05, 3.63) is 29.3 Å². The summed E-state index contributed by atoms with van der Waals surface area (Å²) >= 11 is 0. The van der Waals surface area contributed by atoms with Crippen molar-refractivity contribution in [2.24, 2.45) is 0 Å². The molecule has 118 valence electrons. The number of Topliss-reactive ketones (excluding diaryl/α,β-unsaturated/α-hetero) is 1. The molecule has 0 aromatic heterocycles. The zero-order valence-electron chi connectivity index (χ0n) is 12.6. The quantitative estimate of drug-likeness (QED) is 0.711. The maximum Gasteiger partial charge on any atom is 0.416 e. The van der Waals surface area contributed by atoms with E-state index < -0.39 is 11.7 Å². The Morgan fingerprint density at radius 2 is 1.95 bits per heavy atom. The van der Waals surface area contributed by atoms with Crippen molar-refractivity contribution < 1.29 is 22.7 Å². The van der Waals surface area contributed by atoms with Crippen molar-refractivity contribution in [2.75, 3.05) is 7.11 Å². The van der Waals surface area contributed by atoms with Crippen molar-refractivity contribution in [3.63, 3.8) is 0 Å². The molecule has 0 aliphatic rings. The molecule has 0 aliphatic carbocycles. The zero-order valence-corrected chi connectivity index (χ0v) is 12.6. The van der Waals surface area contributed by atoms with Crippen LogP contribution in [0.3, 0.4) is 0 Å². The van der Waals surface area contributed by atoms with Crippen LogP contribution in [-0.4, -0.2) is 12.9 Å². The van der Waals surface area contributed by atoms with Gasteiger partial charge in [0, 0.05) is 12.8 Å². The van der Waals surface area contributed by atoms with E-state index in [0.717, 1.165) is 24.1 Å². The van der Waals surface area contributed by atoms with Crippen LogP contribution in [0.25, 0.3) is 0 Å². The number of carbonyl (C=O) groups excluding carboxylic acids is 1. The third-order valence-corrected chi connectivity index (χ3v) is 3.66. The minimum atomic E-state index is -4.38. The van der Waals surface area contributed by atoms with E-state index >= 15 is 0 Å². The van der Waals surface area contributed by atoms with Crippen LogP contribution in [0, 0.1) is 0 Å². The Morgan fingerprint density at radius 1 is 1.29 bits per heavy atom. The minimum absolute atomic E-state index is 0.0257. The lowest BCUT2D eigenvalue weighted by atomic mass is 9.89. The van der Waals surface area contributed by atoms with Gasteiger partial charge in [0.25, 0.3) is 0 Å². The van der Waals surface area contributed by atoms with Gasteiger partial charge in [-0.1, -0.05) is 19.9 Å².